The quantitative estimate of drug-likeness (QED) is 0.126. The van der Waals surface area contributed by atoms with Crippen LogP contribution in [0.15, 0.2) is 42.5 Å². The SMILES string of the molecule is CCCCCC[C@H](C#CCCO[Si](C)(C)C(C)(C)C)OC(=O)[C@](C)(OC)c1cccc2ccccc12. The fourth-order valence-corrected chi connectivity index (χ4v) is 4.91. The third-order valence-electron chi connectivity index (χ3n) is 7.43. The Morgan fingerprint density at radius 3 is 2.36 bits per heavy atom. The van der Waals surface area contributed by atoms with Crippen LogP contribution in [0.5, 0.6) is 0 Å². The topological polar surface area (TPSA) is 44.8 Å². The highest BCUT2D eigenvalue weighted by Crippen LogP contribution is 2.36. The van der Waals surface area contributed by atoms with E-state index in [4.69, 9.17) is 13.9 Å². The molecule has 4 nitrogen and oxygen atoms in total. The van der Waals surface area contributed by atoms with Gasteiger partial charge in [0.25, 0.3) is 0 Å². The van der Waals surface area contributed by atoms with E-state index in [0.717, 1.165) is 42.0 Å². The maximum atomic E-state index is 13.5. The van der Waals surface area contributed by atoms with Crippen molar-refractivity contribution in [2.45, 2.75) is 103 Å². The first-order valence-electron chi connectivity index (χ1n) is 13.3. The van der Waals surface area contributed by atoms with Gasteiger partial charge in [-0.2, -0.15) is 0 Å². The molecule has 198 valence electrons. The number of hydrogen-bond donors (Lipinski definition) is 0. The van der Waals surface area contributed by atoms with Crippen molar-refractivity contribution in [1.82, 2.24) is 0 Å². The molecule has 0 radical (unpaired) electrons. The van der Waals surface area contributed by atoms with E-state index in [2.05, 4.69) is 52.6 Å². The summed E-state index contributed by atoms with van der Waals surface area (Å²) in [7, 11) is -0.239. The fraction of sp³-hybridized carbons (Fsp3) is 0.581. The zero-order valence-corrected chi connectivity index (χ0v) is 24.7. The average molecular weight is 511 g/mol. The van der Waals surface area contributed by atoms with Crippen molar-refractivity contribution in [3.8, 4) is 11.8 Å². The van der Waals surface area contributed by atoms with E-state index in [1.165, 1.54) is 6.42 Å². The Morgan fingerprint density at radius 2 is 1.69 bits per heavy atom. The minimum Gasteiger partial charge on any atom is -0.447 e. The number of methoxy groups -OCH3 is 1. The molecule has 2 aromatic rings. The van der Waals surface area contributed by atoms with Crippen LogP contribution in [0.1, 0.15) is 78.7 Å². The van der Waals surface area contributed by atoms with Crippen LogP contribution >= 0.6 is 0 Å². The van der Waals surface area contributed by atoms with Crippen LogP contribution in [-0.4, -0.2) is 34.1 Å². The van der Waals surface area contributed by atoms with Crippen LogP contribution in [0.4, 0.5) is 0 Å². The Bertz CT molecular complexity index is 1040. The zero-order chi connectivity index (χ0) is 26.8. The van der Waals surface area contributed by atoms with Crippen molar-refractivity contribution in [1.29, 1.82) is 0 Å². The molecule has 0 aliphatic heterocycles. The summed E-state index contributed by atoms with van der Waals surface area (Å²) < 4.78 is 18.1. The maximum Gasteiger partial charge on any atom is 0.344 e. The molecule has 0 saturated heterocycles. The van der Waals surface area contributed by atoms with Gasteiger partial charge in [0.2, 0.25) is 0 Å². The highest BCUT2D eigenvalue weighted by molar-refractivity contribution is 6.74. The van der Waals surface area contributed by atoms with Crippen LogP contribution in [0.3, 0.4) is 0 Å². The Balaban J connectivity index is 2.17. The first kappa shape index (κ1) is 30.1. The summed E-state index contributed by atoms with van der Waals surface area (Å²) >= 11 is 0. The lowest BCUT2D eigenvalue weighted by Gasteiger charge is -2.35. The van der Waals surface area contributed by atoms with E-state index >= 15 is 0 Å². The Labute approximate surface area is 220 Å². The third-order valence-corrected chi connectivity index (χ3v) is 12.0. The predicted molar refractivity (Wildman–Crippen MR) is 152 cm³/mol. The number of ether oxygens (including phenoxy) is 2. The van der Waals surface area contributed by atoms with Crippen LogP contribution in [0, 0.1) is 11.8 Å². The number of unbranched alkanes of at least 4 members (excludes halogenated alkanes) is 3. The molecular formula is C31H46O4Si. The van der Waals surface area contributed by atoms with Crippen molar-refractivity contribution in [3.63, 3.8) is 0 Å². The molecule has 0 amide bonds. The van der Waals surface area contributed by atoms with Crippen molar-refractivity contribution in [2.75, 3.05) is 13.7 Å². The zero-order valence-electron chi connectivity index (χ0n) is 23.7. The summed E-state index contributed by atoms with van der Waals surface area (Å²) in [6.45, 7) is 15.8. The highest BCUT2D eigenvalue weighted by atomic mass is 28.4. The number of rotatable bonds is 12. The molecule has 2 aromatic carbocycles. The van der Waals surface area contributed by atoms with E-state index in [9.17, 15) is 4.79 Å². The lowest BCUT2D eigenvalue weighted by molar-refractivity contribution is -0.171. The Hall–Kier alpha value is -2.13. The first-order valence-corrected chi connectivity index (χ1v) is 16.2. The van der Waals surface area contributed by atoms with E-state index in [0.29, 0.717) is 13.0 Å². The molecule has 2 atom stereocenters. The van der Waals surface area contributed by atoms with Gasteiger partial charge in [-0.25, -0.2) is 4.79 Å². The second-order valence-corrected chi connectivity index (χ2v) is 16.0. The third kappa shape index (κ3) is 7.93. The van der Waals surface area contributed by atoms with Gasteiger partial charge in [-0.3, -0.25) is 0 Å². The second-order valence-electron chi connectivity index (χ2n) is 11.2. The Morgan fingerprint density at radius 1 is 1.00 bits per heavy atom. The molecular weight excluding hydrogens is 464 g/mol. The van der Waals surface area contributed by atoms with E-state index in [-0.39, 0.29) is 5.04 Å². The molecule has 0 fully saturated rings. The van der Waals surface area contributed by atoms with Crippen molar-refractivity contribution in [2.24, 2.45) is 0 Å². The van der Waals surface area contributed by atoms with E-state index in [1.807, 2.05) is 42.5 Å². The summed E-state index contributed by atoms with van der Waals surface area (Å²) in [5.41, 5.74) is -0.427. The van der Waals surface area contributed by atoms with Gasteiger partial charge >= 0.3 is 5.97 Å². The number of hydrogen-bond acceptors (Lipinski definition) is 4. The molecule has 0 aromatic heterocycles. The highest BCUT2D eigenvalue weighted by Gasteiger charge is 2.39. The number of benzene rings is 2. The van der Waals surface area contributed by atoms with E-state index < -0.39 is 26.0 Å². The maximum absolute atomic E-state index is 13.5. The molecule has 2 rings (SSSR count). The van der Waals surface area contributed by atoms with Crippen LogP contribution < -0.4 is 0 Å². The van der Waals surface area contributed by atoms with E-state index in [1.54, 1.807) is 14.0 Å². The van der Waals surface area contributed by atoms with Gasteiger partial charge < -0.3 is 13.9 Å². The van der Waals surface area contributed by atoms with Gasteiger partial charge in [0.1, 0.15) is 0 Å². The molecule has 0 aliphatic rings. The van der Waals surface area contributed by atoms with Crippen LogP contribution in [-0.2, 0) is 24.3 Å². The van der Waals surface area contributed by atoms with Crippen LogP contribution in [0.2, 0.25) is 18.1 Å². The molecule has 36 heavy (non-hydrogen) atoms. The summed E-state index contributed by atoms with van der Waals surface area (Å²) in [5, 5.41) is 2.21. The van der Waals surface area contributed by atoms with Crippen molar-refractivity contribution >= 4 is 25.1 Å². The lowest BCUT2D eigenvalue weighted by Crippen LogP contribution is -2.40. The molecule has 5 heteroatoms. The minimum atomic E-state index is -1.80. The lowest BCUT2D eigenvalue weighted by atomic mass is 9.90. The van der Waals surface area contributed by atoms with Gasteiger partial charge in [-0.15, -0.1) is 0 Å². The van der Waals surface area contributed by atoms with Crippen molar-refractivity contribution < 1.29 is 18.7 Å². The van der Waals surface area contributed by atoms with Gasteiger partial charge in [-0.05, 0) is 48.7 Å². The van der Waals surface area contributed by atoms with Gasteiger partial charge in [0, 0.05) is 25.7 Å². The number of fused-ring (bicyclic) bond motifs is 1. The number of carbonyl (C=O) groups is 1. The normalized spacial score (nSPS) is 14.6. The number of esters is 1. The summed E-state index contributed by atoms with van der Waals surface area (Å²) in [6.07, 6.45) is 5.28. The summed E-state index contributed by atoms with van der Waals surface area (Å²) in [4.78, 5) is 13.5. The van der Waals surface area contributed by atoms with Gasteiger partial charge in [0.15, 0.2) is 20.0 Å². The molecule has 0 spiro atoms. The second kappa shape index (κ2) is 13.4. The number of carbonyl (C=O) groups excluding carboxylic acids is 1. The fourth-order valence-electron chi connectivity index (χ4n) is 3.86. The molecule has 0 N–H and O–H groups in total. The average Bonchev–Trinajstić information content (AvgIpc) is 2.84. The minimum absolute atomic E-state index is 0.171. The smallest absolute Gasteiger partial charge is 0.344 e. The van der Waals surface area contributed by atoms with Gasteiger partial charge in [-0.1, -0.05) is 101 Å². The Kier molecular flexibility index (Phi) is 11.2. The largest absolute Gasteiger partial charge is 0.447 e. The predicted octanol–water partition coefficient (Wildman–Crippen LogP) is 8.00. The molecule has 0 bridgehead atoms. The van der Waals surface area contributed by atoms with Gasteiger partial charge in [0.05, 0.1) is 0 Å². The van der Waals surface area contributed by atoms with Crippen LogP contribution in [0.25, 0.3) is 10.8 Å². The monoisotopic (exact) mass is 510 g/mol. The molecule has 0 aliphatic carbocycles. The summed E-state index contributed by atoms with van der Waals surface area (Å²) in [5.74, 6) is 6.04. The van der Waals surface area contributed by atoms with Crippen molar-refractivity contribution in [3.05, 3.63) is 48.0 Å². The molecule has 0 heterocycles. The standard InChI is InChI=1S/C31H46O4Si/c1-9-10-11-12-20-26(21-15-16-24-34-36(7,8)30(2,3)4)35-29(32)31(5,33-6)28-23-17-19-25-18-13-14-22-27(25)28/h13-14,17-19,22-23,26H,9-12,16,20,24H2,1-8H3/t26-,31-/m1/s1. The summed E-state index contributed by atoms with van der Waals surface area (Å²) in [6, 6.07) is 13.9. The first-order chi connectivity index (χ1) is 17.0. The molecule has 0 unspecified atom stereocenters. The molecule has 0 saturated carbocycles.